The largest absolute Gasteiger partial charge is 0.478 e. The smallest absolute Gasteiger partial charge is 0.371 e. The first kappa shape index (κ1) is 9.18. The highest BCUT2D eigenvalue weighted by atomic mass is 16.5. The summed E-state index contributed by atoms with van der Waals surface area (Å²) >= 11 is 0. The third-order valence-corrected chi connectivity index (χ3v) is 1.49. The highest BCUT2D eigenvalue weighted by molar-refractivity contribution is 5.84. The van der Waals surface area contributed by atoms with Crippen molar-refractivity contribution in [2.24, 2.45) is 0 Å². The first-order valence-corrected chi connectivity index (χ1v) is 3.48. The lowest BCUT2D eigenvalue weighted by Crippen LogP contribution is -2.21. The number of hydrogen-bond acceptors (Lipinski definition) is 4. The van der Waals surface area contributed by atoms with Crippen LogP contribution >= 0.6 is 0 Å². The van der Waals surface area contributed by atoms with Gasteiger partial charge < -0.3 is 19.7 Å². The summed E-state index contributed by atoms with van der Waals surface area (Å²) in [5, 5.41) is 26.2. The molecule has 1 aromatic heterocycles. The third kappa shape index (κ3) is 1.64. The molecule has 5 nitrogen and oxygen atoms in total. The number of aliphatic hydroxyl groups is 2. The molecule has 1 rings (SSSR count). The molecule has 0 saturated carbocycles. The minimum atomic E-state index is -1.25. The molecule has 13 heavy (non-hydrogen) atoms. The monoisotopic (exact) mass is 184 g/mol. The van der Waals surface area contributed by atoms with E-state index in [1.807, 2.05) is 0 Å². The second-order valence-corrected chi connectivity index (χ2v) is 2.31. The van der Waals surface area contributed by atoms with Gasteiger partial charge in [0.25, 0.3) is 0 Å². The van der Waals surface area contributed by atoms with E-state index in [1.165, 1.54) is 12.1 Å². The standard InChI is InChI=1S/C8H8O5/c1-2-4-3-5(7(9)10)13-6(4)8(11)12/h2-3,11-12H,1H3,(H,9,10). The van der Waals surface area contributed by atoms with Gasteiger partial charge in [0.15, 0.2) is 0 Å². The summed E-state index contributed by atoms with van der Waals surface area (Å²) in [5.74, 6) is -2.61. The van der Waals surface area contributed by atoms with Crippen molar-refractivity contribution >= 4 is 18.0 Å². The van der Waals surface area contributed by atoms with Gasteiger partial charge in [-0.15, -0.1) is 0 Å². The Morgan fingerprint density at radius 1 is 1.46 bits per heavy atom. The Kier molecular flexibility index (Phi) is 2.27. The van der Waals surface area contributed by atoms with E-state index >= 15 is 0 Å². The molecule has 1 aromatic rings. The number of aliphatic hydroxyl groups excluding tert-OH is 1. The zero-order chi connectivity index (χ0) is 10.0. The lowest BCUT2D eigenvalue weighted by atomic mass is 10.3. The average Bonchev–Trinajstić information content (AvgIpc) is 2.47. The number of carboxylic acid groups (broad SMARTS) is 1. The van der Waals surface area contributed by atoms with E-state index in [-0.39, 0.29) is 11.2 Å². The fraction of sp³-hybridized carbons (Fsp3) is 0.125. The Morgan fingerprint density at radius 2 is 2.08 bits per heavy atom. The molecule has 0 bridgehead atoms. The quantitative estimate of drug-likeness (QED) is 0.569. The number of furan rings is 1. The molecule has 0 aliphatic rings. The first-order valence-electron chi connectivity index (χ1n) is 3.48. The molecule has 0 radical (unpaired) electrons. The second-order valence-electron chi connectivity index (χ2n) is 2.31. The fourth-order valence-electron chi connectivity index (χ4n) is 0.900. The molecule has 0 amide bonds. The van der Waals surface area contributed by atoms with Crippen LogP contribution in [0.2, 0.25) is 0 Å². The van der Waals surface area contributed by atoms with Crippen LogP contribution in [0.25, 0.3) is 12.0 Å². The molecule has 0 unspecified atom stereocenters. The normalized spacial score (nSPS) is 11.6. The van der Waals surface area contributed by atoms with Crippen LogP contribution < -0.4 is 10.6 Å². The maximum atomic E-state index is 10.4. The minimum absolute atomic E-state index is 0.236. The highest BCUT2D eigenvalue weighted by Gasteiger charge is 2.09. The summed E-state index contributed by atoms with van der Waals surface area (Å²) in [6.45, 7) is 1.63. The molecule has 0 aliphatic carbocycles. The summed E-state index contributed by atoms with van der Waals surface area (Å²) in [7, 11) is 0. The molecule has 0 atom stereocenters. The number of aromatic carboxylic acids is 1. The van der Waals surface area contributed by atoms with Crippen LogP contribution in [0.15, 0.2) is 10.5 Å². The van der Waals surface area contributed by atoms with Gasteiger partial charge in [-0.05, 0) is 13.0 Å². The van der Waals surface area contributed by atoms with Crippen molar-refractivity contribution < 1.29 is 24.5 Å². The van der Waals surface area contributed by atoms with Crippen molar-refractivity contribution in [2.45, 2.75) is 6.92 Å². The molecular formula is C8H8O5. The summed E-state index contributed by atoms with van der Waals surface area (Å²) in [6, 6.07) is 1.21. The number of rotatable bonds is 1. The Morgan fingerprint density at radius 3 is 2.38 bits per heavy atom. The van der Waals surface area contributed by atoms with Gasteiger partial charge in [-0.1, -0.05) is 6.08 Å². The summed E-state index contributed by atoms with van der Waals surface area (Å²) in [4.78, 5) is 10.4. The zero-order valence-corrected chi connectivity index (χ0v) is 6.81. The van der Waals surface area contributed by atoms with E-state index in [4.69, 9.17) is 15.3 Å². The molecule has 0 aliphatic heterocycles. The first-order chi connectivity index (χ1) is 6.06. The Balaban J connectivity index is 3.57. The molecule has 5 heteroatoms. The summed E-state index contributed by atoms with van der Waals surface area (Å²) < 4.78 is 4.66. The molecule has 0 aromatic carbocycles. The Labute approximate surface area is 72.9 Å². The second kappa shape index (κ2) is 3.22. The van der Waals surface area contributed by atoms with Crippen LogP contribution in [0, 0.1) is 0 Å². The van der Waals surface area contributed by atoms with Crippen LogP contribution in [-0.4, -0.2) is 21.3 Å². The molecule has 70 valence electrons. The Bertz CT molecular complexity index is 436. The highest BCUT2D eigenvalue weighted by Crippen LogP contribution is 1.91. The van der Waals surface area contributed by atoms with E-state index in [9.17, 15) is 4.79 Å². The predicted molar refractivity (Wildman–Crippen MR) is 43.7 cm³/mol. The topological polar surface area (TPSA) is 90.9 Å². The maximum absolute atomic E-state index is 10.4. The predicted octanol–water partition coefficient (Wildman–Crippen LogP) is -0.0401. The number of carboxylic acids is 1. The van der Waals surface area contributed by atoms with E-state index in [2.05, 4.69) is 4.42 Å². The third-order valence-electron chi connectivity index (χ3n) is 1.49. The van der Waals surface area contributed by atoms with Crippen molar-refractivity contribution in [2.75, 3.05) is 0 Å². The SMILES string of the molecule is CC=c1cc(C(=O)O)oc1=C(O)O. The van der Waals surface area contributed by atoms with E-state index < -0.39 is 11.9 Å². The van der Waals surface area contributed by atoms with Gasteiger partial charge >= 0.3 is 11.9 Å². The van der Waals surface area contributed by atoms with Crippen molar-refractivity contribution in [1.82, 2.24) is 0 Å². The van der Waals surface area contributed by atoms with E-state index in [0.29, 0.717) is 5.22 Å². The Hall–Kier alpha value is -1.91. The lowest BCUT2D eigenvalue weighted by molar-refractivity contribution is 0.0659. The summed E-state index contributed by atoms with van der Waals surface area (Å²) in [6.07, 6.45) is 1.51. The van der Waals surface area contributed by atoms with Crippen molar-refractivity contribution in [3.05, 3.63) is 22.5 Å². The average molecular weight is 184 g/mol. The fourth-order valence-corrected chi connectivity index (χ4v) is 0.900. The van der Waals surface area contributed by atoms with Gasteiger partial charge in [0.1, 0.15) is 0 Å². The molecule has 0 saturated heterocycles. The van der Waals surface area contributed by atoms with Crippen LogP contribution in [-0.2, 0) is 0 Å². The van der Waals surface area contributed by atoms with Crippen molar-refractivity contribution in [3.8, 4) is 0 Å². The zero-order valence-electron chi connectivity index (χ0n) is 6.81. The van der Waals surface area contributed by atoms with E-state index in [0.717, 1.165) is 0 Å². The maximum Gasteiger partial charge on any atom is 0.371 e. The van der Waals surface area contributed by atoms with E-state index in [1.54, 1.807) is 6.92 Å². The number of carbonyl (C=O) groups is 1. The van der Waals surface area contributed by atoms with Crippen LogP contribution in [0.3, 0.4) is 0 Å². The van der Waals surface area contributed by atoms with Gasteiger partial charge in [0, 0.05) is 5.22 Å². The summed E-state index contributed by atoms with van der Waals surface area (Å²) in [5.41, 5.74) is -0.236. The lowest BCUT2D eigenvalue weighted by Gasteiger charge is -1.83. The number of hydrogen-bond donors (Lipinski definition) is 3. The van der Waals surface area contributed by atoms with Crippen molar-refractivity contribution in [1.29, 1.82) is 0 Å². The van der Waals surface area contributed by atoms with Crippen molar-refractivity contribution in [3.63, 3.8) is 0 Å². The van der Waals surface area contributed by atoms with Gasteiger partial charge in [-0.2, -0.15) is 0 Å². The molecule has 0 spiro atoms. The molecule has 0 fully saturated rings. The molecular weight excluding hydrogens is 176 g/mol. The minimum Gasteiger partial charge on any atom is -0.478 e. The molecule has 3 N–H and O–H groups in total. The van der Waals surface area contributed by atoms with Gasteiger partial charge in [0.2, 0.25) is 11.2 Å². The van der Waals surface area contributed by atoms with Gasteiger partial charge in [0.05, 0.1) is 0 Å². The van der Waals surface area contributed by atoms with Gasteiger partial charge in [-0.3, -0.25) is 0 Å². The molecule has 1 heterocycles. The van der Waals surface area contributed by atoms with Crippen LogP contribution in [0.4, 0.5) is 0 Å². The van der Waals surface area contributed by atoms with Crippen LogP contribution in [0.1, 0.15) is 17.5 Å². The van der Waals surface area contributed by atoms with Gasteiger partial charge in [-0.25, -0.2) is 4.79 Å². The van der Waals surface area contributed by atoms with Crippen LogP contribution in [0.5, 0.6) is 0 Å².